The maximum absolute atomic E-state index is 10.9. The molecule has 266 valence electrons. The first-order valence-electron chi connectivity index (χ1n) is 17.1. The molecule has 15 heteroatoms. The topological polar surface area (TPSA) is 165 Å². The van der Waals surface area contributed by atoms with Gasteiger partial charge in [-0.2, -0.15) is 0 Å². The van der Waals surface area contributed by atoms with Gasteiger partial charge in [-0.05, 0) is 77.9 Å². The fourth-order valence-electron chi connectivity index (χ4n) is 6.14. The molecule has 0 aliphatic heterocycles. The van der Waals surface area contributed by atoms with Crippen molar-refractivity contribution in [2.24, 2.45) is 0 Å². The maximum atomic E-state index is 10.9. The minimum atomic E-state index is 0.322. The zero-order valence-corrected chi connectivity index (χ0v) is 29.9. The molecule has 0 atom stereocenters. The molecule has 2 aromatic carbocycles. The fourth-order valence-corrected chi connectivity index (χ4v) is 6.84. The Kier molecular flexibility index (Phi) is 8.85. The lowest BCUT2D eigenvalue weighted by Crippen LogP contribution is -2.03. The molecule has 0 spiro atoms. The summed E-state index contributed by atoms with van der Waals surface area (Å²) < 4.78 is 8.60. The maximum Gasteiger partial charge on any atom is 0.316 e. The minimum Gasteiger partial charge on any atom is -0.467 e. The number of hydrogen-bond donors (Lipinski definition) is 0. The van der Waals surface area contributed by atoms with E-state index in [9.17, 15) is 4.79 Å². The number of ether oxygens (including phenoxy) is 1. The van der Waals surface area contributed by atoms with Crippen LogP contribution in [-0.2, 0) is 13.1 Å². The molecule has 10 rings (SSSR count). The number of nitrogens with zero attached hydrogens (tertiary/aromatic N) is 12. The standard InChI is InChI=1S/C20H15N7O.C20H13N5OS/c1-28-20-22-10-15(11-23-20)17-6-7-18-19(24-17)27(26-25-18)12-13-4-5-16-14(9-13)3-2-8-21-16;26-11-16-9-15(12-27-16)18-5-6-19-20(22-18)25(24-23-19)10-13-3-4-17-14(8-13)2-1-7-21-17/h2-11H,12H2,1H3;1-9,11-12H,10H2. The molecule has 8 heterocycles. The number of thiophene rings is 1. The highest BCUT2D eigenvalue weighted by atomic mass is 32.1. The molecule has 0 aliphatic rings. The Morgan fingerprint density at radius 3 is 1.71 bits per heavy atom. The Hall–Kier alpha value is -7.39. The van der Waals surface area contributed by atoms with Crippen LogP contribution in [0.3, 0.4) is 0 Å². The number of pyridine rings is 4. The van der Waals surface area contributed by atoms with Gasteiger partial charge in [-0.1, -0.05) is 34.7 Å². The van der Waals surface area contributed by atoms with Crippen molar-refractivity contribution in [2.45, 2.75) is 13.1 Å². The lowest BCUT2D eigenvalue weighted by atomic mass is 10.1. The van der Waals surface area contributed by atoms with Crippen molar-refractivity contribution in [3.05, 3.63) is 137 Å². The van der Waals surface area contributed by atoms with Crippen LogP contribution in [0.25, 0.3) is 66.6 Å². The highest BCUT2D eigenvalue weighted by molar-refractivity contribution is 7.12. The van der Waals surface area contributed by atoms with Gasteiger partial charge in [-0.15, -0.1) is 21.5 Å². The number of aromatic nitrogens is 12. The van der Waals surface area contributed by atoms with E-state index in [1.165, 1.54) is 18.4 Å². The number of fused-ring (bicyclic) bond motifs is 4. The van der Waals surface area contributed by atoms with Crippen molar-refractivity contribution in [1.82, 2.24) is 59.9 Å². The summed E-state index contributed by atoms with van der Waals surface area (Å²) in [6.07, 6.45) is 7.81. The quantitative estimate of drug-likeness (QED) is 0.149. The molecule has 0 unspecified atom stereocenters. The molecule has 0 aliphatic carbocycles. The van der Waals surface area contributed by atoms with E-state index in [4.69, 9.17) is 14.7 Å². The third kappa shape index (κ3) is 6.94. The minimum absolute atomic E-state index is 0.322. The molecule has 0 bridgehead atoms. The molecule has 14 nitrogen and oxygen atoms in total. The molecular weight excluding hydrogens is 713 g/mol. The summed E-state index contributed by atoms with van der Waals surface area (Å²) in [6, 6.07) is 30.0. The van der Waals surface area contributed by atoms with Crippen LogP contribution in [-0.4, -0.2) is 73.3 Å². The summed E-state index contributed by atoms with van der Waals surface area (Å²) in [7, 11) is 1.53. The van der Waals surface area contributed by atoms with E-state index in [0.29, 0.717) is 29.6 Å². The molecule has 0 saturated carbocycles. The predicted molar refractivity (Wildman–Crippen MR) is 209 cm³/mol. The van der Waals surface area contributed by atoms with Gasteiger partial charge in [-0.3, -0.25) is 14.8 Å². The number of methoxy groups -OCH3 is 1. The van der Waals surface area contributed by atoms with Crippen LogP contribution in [0.5, 0.6) is 6.01 Å². The van der Waals surface area contributed by atoms with Crippen molar-refractivity contribution < 1.29 is 9.53 Å². The highest BCUT2D eigenvalue weighted by Gasteiger charge is 2.12. The van der Waals surface area contributed by atoms with Crippen molar-refractivity contribution in [2.75, 3.05) is 7.11 Å². The monoisotopic (exact) mass is 740 g/mol. The van der Waals surface area contributed by atoms with Crippen LogP contribution in [0.1, 0.15) is 20.8 Å². The largest absolute Gasteiger partial charge is 0.467 e. The smallest absolute Gasteiger partial charge is 0.316 e. The average molecular weight is 741 g/mol. The van der Waals surface area contributed by atoms with E-state index >= 15 is 0 Å². The molecular formula is C40H28N12O2S. The number of benzene rings is 2. The third-order valence-electron chi connectivity index (χ3n) is 8.86. The second-order valence-electron chi connectivity index (χ2n) is 12.4. The van der Waals surface area contributed by atoms with Gasteiger partial charge in [0, 0.05) is 52.1 Å². The van der Waals surface area contributed by atoms with Gasteiger partial charge in [0.25, 0.3) is 0 Å². The van der Waals surface area contributed by atoms with Crippen molar-refractivity contribution in [1.29, 1.82) is 0 Å². The van der Waals surface area contributed by atoms with E-state index in [2.05, 4.69) is 52.7 Å². The fraction of sp³-hybridized carbons (Fsp3) is 0.0750. The molecule has 0 fully saturated rings. The number of aldehydes is 1. The molecule has 55 heavy (non-hydrogen) atoms. The Balaban J connectivity index is 0.000000144. The average Bonchev–Trinajstić information content (AvgIpc) is 4.00. The van der Waals surface area contributed by atoms with Crippen LogP contribution in [0.15, 0.2) is 121 Å². The zero-order valence-electron chi connectivity index (χ0n) is 29.1. The van der Waals surface area contributed by atoms with Crippen molar-refractivity contribution >= 4 is 61.8 Å². The third-order valence-corrected chi connectivity index (χ3v) is 9.71. The van der Waals surface area contributed by atoms with Crippen molar-refractivity contribution in [3.8, 4) is 28.5 Å². The van der Waals surface area contributed by atoms with Crippen molar-refractivity contribution in [3.63, 3.8) is 0 Å². The van der Waals surface area contributed by atoms with E-state index in [1.54, 1.807) is 34.2 Å². The lowest BCUT2D eigenvalue weighted by Gasteiger charge is -2.05. The summed E-state index contributed by atoms with van der Waals surface area (Å²) in [6.45, 7) is 1.14. The summed E-state index contributed by atoms with van der Waals surface area (Å²) >= 11 is 1.41. The first kappa shape index (κ1) is 33.4. The number of hydrogen-bond acceptors (Lipinski definition) is 13. The van der Waals surface area contributed by atoms with Crippen LogP contribution in [0.2, 0.25) is 0 Å². The first-order chi connectivity index (χ1) is 27.1. The van der Waals surface area contributed by atoms with Gasteiger partial charge < -0.3 is 4.74 Å². The van der Waals surface area contributed by atoms with Crippen LogP contribution >= 0.6 is 11.3 Å². The van der Waals surface area contributed by atoms with Gasteiger partial charge in [0.2, 0.25) is 0 Å². The highest BCUT2D eigenvalue weighted by Crippen LogP contribution is 2.26. The molecule has 0 N–H and O–H groups in total. The van der Waals surface area contributed by atoms with E-state index in [0.717, 1.165) is 78.4 Å². The SMILES string of the molecule is COc1ncc(-c2ccc3nnn(Cc4ccc5ncccc5c4)c3n2)cn1.O=Cc1cc(-c2ccc3nnn(Cc4ccc5ncccc5c4)c3n2)cs1. The number of carbonyl (C=O) groups excluding carboxylic acids is 1. The van der Waals surface area contributed by atoms with E-state index < -0.39 is 0 Å². The Labute approximate surface area is 316 Å². The Morgan fingerprint density at radius 2 is 1.18 bits per heavy atom. The van der Waals surface area contributed by atoms with Gasteiger partial charge in [0.15, 0.2) is 17.6 Å². The van der Waals surface area contributed by atoms with Crippen LogP contribution in [0, 0.1) is 0 Å². The molecule has 0 radical (unpaired) electrons. The second-order valence-corrected chi connectivity index (χ2v) is 13.4. The van der Waals surface area contributed by atoms with Crippen LogP contribution in [0.4, 0.5) is 0 Å². The van der Waals surface area contributed by atoms with Crippen LogP contribution < -0.4 is 4.74 Å². The summed E-state index contributed by atoms with van der Waals surface area (Å²) in [5.41, 5.74) is 10.3. The number of carbonyl (C=O) groups is 1. The molecule has 0 saturated heterocycles. The normalized spacial score (nSPS) is 11.2. The number of rotatable bonds is 8. The summed E-state index contributed by atoms with van der Waals surface area (Å²) in [5.74, 6) is 0. The van der Waals surface area contributed by atoms with E-state index in [-0.39, 0.29) is 0 Å². The zero-order chi connectivity index (χ0) is 37.1. The molecule has 0 amide bonds. The van der Waals surface area contributed by atoms with Gasteiger partial charge in [-0.25, -0.2) is 29.3 Å². The first-order valence-corrected chi connectivity index (χ1v) is 18.0. The van der Waals surface area contributed by atoms with Gasteiger partial charge >= 0.3 is 6.01 Å². The summed E-state index contributed by atoms with van der Waals surface area (Å²) in [5, 5.41) is 21.1. The second kappa shape index (κ2) is 14.6. The van der Waals surface area contributed by atoms with Gasteiger partial charge in [0.05, 0.1) is 47.5 Å². The lowest BCUT2D eigenvalue weighted by molar-refractivity contribution is 0.112. The summed E-state index contributed by atoms with van der Waals surface area (Å²) in [4.78, 5) is 38.1. The van der Waals surface area contributed by atoms with E-state index in [1.807, 2.05) is 84.2 Å². The molecule has 8 aromatic heterocycles. The Morgan fingerprint density at radius 1 is 0.636 bits per heavy atom. The molecule has 10 aromatic rings. The van der Waals surface area contributed by atoms with Gasteiger partial charge in [0.1, 0.15) is 11.0 Å². The predicted octanol–water partition coefficient (Wildman–Crippen LogP) is 6.85. The Bertz CT molecular complexity index is 2980.